The maximum atomic E-state index is 13.4. The van der Waals surface area contributed by atoms with Gasteiger partial charge in [-0.1, -0.05) is 12.1 Å². The number of hydrogen-bond donors (Lipinski definition) is 2. The largest absolute Gasteiger partial charge is 0.304 e. The molecule has 0 aliphatic carbocycles. The van der Waals surface area contributed by atoms with Gasteiger partial charge >= 0.3 is 0 Å². The number of aromatic nitrogens is 3. The predicted molar refractivity (Wildman–Crippen MR) is 97.2 cm³/mol. The highest BCUT2D eigenvalue weighted by Crippen LogP contribution is 2.40. The Morgan fingerprint density at radius 3 is 2.69 bits per heavy atom. The molecule has 0 bridgehead atoms. The van der Waals surface area contributed by atoms with E-state index in [4.69, 9.17) is 0 Å². The Labute approximate surface area is 148 Å². The second kappa shape index (κ2) is 5.64. The number of nitrogens with zero attached hydrogens (tertiary/aromatic N) is 2. The maximum Gasteiger partial charge on any atom is 0.245 e. The molecule has 128 valence electrons. The highest BCUT2D eigenvalue weighted by molar-refractivity contribution is 6.07. The van der Waals surface area contributed by atoms with Crippen molar-refractivity contribution in [2.45, 2.75) is 6.54 Å². The molecule has 2 N–H and O–H groups in total. The third-order valence-electron chi connectivity index (χ3n) is 4.83. The van der Waals surface area contributed by atoms with E-state index in [9.17, 15) is 9.18 Å². The van der Waals surface area contributed by atoms with Gasteiger partial charge in [0.2, 0.25) is 5.91 Å². The molecule has 0 amide bonds. The molecule has 3 heterocycles. The fraction of sp³-hybridized carbons (Fsp3) is 0.100. The molecule has 5 rings (SSSR count). The summed E-state index contributed by atoms with van der Waals surface area (Å²) in [7, 11) is 0. The summed E-state index contributed by atoms with van der Waals surface area (Å²) in [5.41, 5.74) is 5.66. The van der Waals surface area contributed by atoms with Crippen molar-refractivity contribution in [2.75, 3.05) is 6.54 Å². The summed E-state index contributed by atoms with van der Waals surface area (Å²) in [5.74, 6) is -0.252. The van der Waals surface area contributed by atoms with E-state index in [1.54, 1.807) is 22.9 Å². The third kappa shape index (κ3) is 2.19. The van der Waals surface area contributed by atoms with Crippen LogP contribution in [0.25, 0.3) is 33.3 Å². The molecule has 0 fully saturated rings. The molecule has 0 saturated carbocycles. The fourth-order valence-electron chi connectivity index (χ4n) is 3.70. The number of halogens is 1. The van der Waals surface area contributed by atoms with Gasteiger partial charge in [-0.15, -0.1) is 0 Å². The molecule has 0 unspecified atom stereocenters. The van der Waals surface area contributed by atoms with E-state index in [-0.39, 0.29) is 11.7 Å². The van der Waals surface area contributed by atoms with Gasteiger partial charge in [-0.2, -0.15) is 5.10 Å². The van der Waals surface area contributed by atoms with Crippen molar-refractivity contribution in [3.63, 3.8) is 0 Å². The number of nitrogens with one attached hydrogen (secondary N) is 2. The minimum Gasteiger partial charge on any atom is -0.304 e. The van der Waals surface area contributed by atoms with Crippen LogP contribution in [0.2, 0.25) is 0 Å². The summed E-state index contributed by atoms with van der Waals surface area (Å²) in [6, 6.07) is 12.4. The Morgan fingerprint density at radius 2 is 1.92 bits per heavy atom. The number of aromatic amines is 1. The molecule has 0 saturated heterocycles. The predicted octanol–water partition coefficient (Wildman–Crippen LogP) is 3.58. The van der Waals surface area contributed by atoms with Crippen LogP contribution in [-0.4, -0.2) is 27.2 Å². The van der Waals surface area contributed by atoms with E-state index in [1.807, 2.05) is 18.3 Å². The molecule has 4 aromatic rings. The van der Waals surface area contributed by atoms with E-state index in [2.05, 4.69) is 21.6 Å². The summed E-state index contributed by atoms with van der Waals surface area (Å²) >= 11 is 0. The van der Waals surface area contributed by atoms with E-state index in [0.29, 0.717) is 13.1 Å². The van der Waals surface area contributed by atoms with E-state index in [1.165, 1.54) is 12.1 Å². The van der Waals surface area contributed by atoms with Crippen molar-refractivity contribution in [1.82, 2.24) is 20.1 Å². The fourth-order valence-corrected chi connectivity index (χ4v) is 3.70. The average Bonchev–Trinajstić information content (AvgIpc) is 3.29. The summed E-state index contributed by atoms with van der Waals surface area (Å²) < 4.78 is 15.1. The van der Waals surface area contributed by atoms with Gasteiger partial charge in [0.1, 0.15) is 5.82 Å². The monoisotopic (exact) mass is 346 g/mol. The van der Waals surface area contributed by atoms with Gasteiger partial charge in [-0.3, -0.25) is 14.5 Å². The average molecular weight is 346 g/mol. The van der Waals surface area contributed by atoms with Gasteiger partial charge in [-0.25, -0.2) is 4.39 Å². The Hall–Kier alpha value is -3.25. The van der Waals surface area contributed by atoms with Crippen LogP contribution in [0.15, 0.2) is 54.9 Å². The van der Waals surface area contributed by atoms with Crippen molar-refractivity contribution in [3.05, 3.63) is 66.2 Å². The lowest BCUT2D eigenvalue weighted by Crippen LogP contribution is -2.23. The first kappa shape index (κ1) is 15.0. The van der Waals surface area contributed by atoms with Crippen LogP contribution in [0.1, 0.15) is 10.4 Å². The molecule has 0 atom stereocenters. The van der Waals surface area contributed by atoms with Crippen LogP contribution in [0, 0.1) is 5.82 Å². The lowest BCUT2D eigenvalue weighted by molar-refractivity contribution is 0.0920. The van der Waals surface area contributed by atoms with Crippen molar-refractivity contribution in [3.8, 4) is 22.4 Å². The number of hydrogen-bond acceptors (Lipinski definition) is 3. The first-order chi connectivity index (χ1) is 12.7. The minimum absolute atomic E-state index is 0.0174. The van der Waals surface area contributed by atoms with Crippen molar-refractivity contribution in [1.29, 1.82) is 0 Å². The molecule has 6 heteroatoms. The van der Waals surface area contributed by atoms with Crippen LogP contribution < -0.4 is 5.32 Å². The van der Waals surface area contributed by atoms with Crippen LogP contribution >= 0.6 is 0 Å². The van der Waals surface area contributed by atoms with Gasteiger partial charge in [-0.05, 0) is 47.0 Å². The van der Waals surface area contributed by atoms with E-state index in [0.717, 1.165) is 38.9 Å². The number of carbonyl (C=O) groups excluding carboxylic acids is 1. The van der Waals surface area contributed by atoms with Crippen LogP contribution in [0.3, 0.4) is 0 Å². The molecule has 1 aliphatic heterocycles. The topological polar surface area (TPSA) is 62.7 Å². The molecule has 26 heavy (non-hydrogen) atoms. The molecular formula is C20H15FN4O. The van der Waals surface area contributed by atoms with Crippen molar-refractivity contribution in [2.24, 2.45) is 0 Å². The smallest absolute Gasteiger partial charge is 0.245 e. The quantitative estimate of drug-likeness (QED) is 0.583. The maximum absolute atomic E-state index is 13.4. The van der Waals surface area contributed by atoms with Gasteiger partial charge in [0.25, 0.3) is 0 Å². The summed E-state index contributed by atoms with van der Waals surface area (Å²) in [5, 5.41) is 11.3. The van der Waals surface area contributed by atoms with Crippen molar-refractivity contribution >= 4 is 16.8 Å². The Balaban J connectivity index is 1.89. The highest BCUT2D eigenvalue weighted by Gasteiger charge is 2.22. The van der Waals surface area contributed by atoms with E-state index >= 15 is 0 Å². The second-order valence-corrected chi connectivity index (χ2v) is 6.38. The van der Waals surface area contributed by atoms with Crippen LogP contribution in [0.4, 0.5) is 4.39 Å². The van der Waals surface area contributed by atoms with Crippen molar-refractivity contribution < 1.29 is 9.18 Å². The third-order valence-corrected chi connectivity index (χ3v) is 4.83. The SMILES string of the molecule is O=C1CNCc2cc(-c3ccc(F)cc3)c(-c3ccn[nH]3)c3ccn1c23. The molecule has 5 nitrogen and oxygen atoms in total. The molecule has 0 radical (unpaired) electrons. The standard InChI is InChI=1S/C20H15FN4O/c21-14-3-1-12(2-4-14)16-9-13-10-22-11-18(26)25-8-6-15(20(13)25)19(16)17-5-7-23-24-17/h1-9,22H,10-11H2,(H,23,24). The number of H-pyrrole nitrogens is 1. The minimum atomic E-state index is -0.269. The number of benzene rings is 2. The summed E-state index contributed by atoms with van der Waals surface area (Å²) in [6.45, 7) is 0.896. The molecule has 2 aromatic heterocycles. The first-order valence-electron chi connectivity index (χ1n) is 8.39. The second-order valence-electron chi connectivity index (χ2n) is 6.38. The summed E-state index contributed by atoms with van der Waals surface area (Å²) in [6.07, 6.45) is 3.52. The number of carbonyl (C=O) groups is 1. The zero-order chi connectivity index (χ0) is 17.7. The Bertz CT molecular complexity index is 1130. The highest BCUT2D eigenvalue weighted by atomic mass is 19.1. The number of rotatable bonds is 2. The first-order valence-corrected chi connectivity index (χ1v) is 8.39. The normalized spacial score (nSPS) is 14.0. The Morgan fingerprint density at radius 1 is 1.08 bits per heavy atom. The molecule has 0 spiro atoms. The van der Waals surface area contributed by atoms with Gasteiger partial charge < -0.3 is 5.32 Å². The lowest BCUT2D eigenvalue weighted by atomic mass is 9.92. The van der Waals surface area contributed by atoms with Gasteiger partial charge in [0, 0.05) is 29.9 Å². The zero-order valence-electron chi connectivity index (χ0n) is 13.8. The molecule has 2 aromatic carbocycles. The zero-order valence-corrected chi connectivity index (χ0v) is 13.8. The van der Waals surface area contributed by atoms with Gasteiger partial charge in [0.05, 0.1) is 17.8 Å². The lowest BCUT2D eigenvalue weighted by Gasteiger charge is -2.14. The molecular weight excluding hydrogens is 331 g/mol. The molecule has 1 aliphatic rings. The van der Waals surface area contributed by atoms with Crippen LogP contribution in [-0.2, 0) is 6.54 Å². The van der Waals surface area contributed by atoms with E-state index < -0.39 is 0 Å². The Kier molecular flexibility index (Phi) is 3.26. The van der Waals surface area contributed by atoms with Crippen LogP contribution in [0.5, 0.6) is 0 Å². The van der Waals surface area contributed by atoms with Gasteiger partial charge in [0.15, 0.2) is 0 Å². The summed E-state index contributed by atoms with van der Waals surface area (Å²) in [4.78, 5) is 12.4.